The summed E-state index contributed by atoms with van der Waals surface area (Å²) in [4.78, 5) is 15.1. The lowest BCUT2D eigenvalue weighted by Crippen LogP contribution is -2.19. The predicted octanol–water partition coefficient (Wildman–Crippen LogP) is 4.30. The van der Waals surface area contributed by atoms with Crippen molar-refractivity contribution >= 4 is 32.6 Å². The van der Waals surface area contributed by atoms with Gasteiger partial charge < -0.3 is 4.98 Å². The van der Waals surface area contributed by atoms with E-state index in [1.165, 1.54) is 6.07 Å². The van der Waals surface area contributed by atoms with Gasteiger partial charge in [0.15, 0.2) is 5.78 Å². The lowest BCUT2D eigenvalue weighted by atomic mass is 9.86. The Bertz CT molecular complexity index is 595. The molecule has 17 heavy (non-hydrogen) atoms. The van der Waals surface area contributed by atoms with E-state index in [4.69, 9.17) is 0 Å². The molecule has 0 aliphatic rings. The predicted molar refractivity (Wildman–Crippen MR) is 69.7 cm³/mol. The van der Waals surface area contributed by atoms with Crippen LogP contribution in [0.3, 0.4) is 0 Å². The SMILES string of the molecule is CC(C)(C)C(=O)c1c[nH]c2cc(F)c(Br)cc12. The second-order valence-corrected chi connectivity index (χ2v) is 5.95. The summed E-state index contributed by atoms with van der Waals surface area (Å²) in [7, 11) is 0. The average Bonchev–Trinajstić information content (AvgIpc) is 2.59. The molecule has 0 atom stereocenters. The summed E-state index contributed by atoms with van der Waals surface area (Å²) in [6.45, 7) is 5.60. The van der Waals surface area contributed by atoms with Gasteiger partial charge >= 0.3 is 0 Å². The van der Waals surface area contributed by atoms with Gasteiger partial charge in [-0.05, 0) is 28.1 Å². The van der Waals surface area contributed by atoms with Crippen LogP contribution in [0, 0.1) is 11.2 Å². The van der Waals surface area contributed by atoms with Crippen molar-refractivity contribution in [2.24, 2.45) is 5.41 Å². The smallest absolute Gasteiger partial charge is 0.170 e. The number of Topliss-reactive ketones (excluding diaryl/α,β-unsaturated/α-hetero) is 1. The molecule has 90 valence electrons. The average molecular weight is 298 g/mol. The number of rotatable bonds is 1. The van der Waals surface area contributed by atoms with Crippen molar-refractivity contribution in [2.45, 2.75) is 20.8 Å². The van der Waals surface area contributed by atoms with Crippen LogP contribution in [0.25, 0.3) is 10.9 Å². The Morgan fingerprint density at radius 1 is 1.35 bits per heavy atom. The Morgan fingerprint density at radius 3 is 2.59 bits per heavy atom. The number of halogens is 2. The topological polar surface area (TPSA) is 32.9 Å². The maximum Gasteiger partial charge on any atom is 0.170 e. The number of fused-ring (bicyclic) bond motifs is 1. The monoisotopic (exact) mass is 297 g/mol. The summed E-state index contributed by atoms with van der Waals surface area (Å²) in [6.07, 6.45) is 1.64. The Balaban J connectivity index is 2.65. The molecular weight excluding hydrogens is 285 g/mol. The van der Waals surface area contributed by atoms with E-state index < -0.39 is 5.41 Å². The number of benzene rings is 1. The Labute approximate surface area is 107 Å². The van der Waals surface area contributed by atoms with Crippen LogP contribution >= 0.6 is 15.9 Å². The lowest BCUT2D eigenvalue weighted by molar-refractivity contribution is 0.0860. The molecule has 0 bridgehead atoms. The van der Waals surface area contributed by atoms with Crippen molar-refractivity contribution in [2.75, 3.05) is 0 Å². The summed E-state index contributed by atoms with van der Waals surface area (Å²) >= 11 is 3.13. The van der Waals surface area contributed by atoms with E-state index in [0.29, 0.717) is 15.6 Å². The number of hydrogen-bond acceptors (Lipinski definition) is 1. The first-order valence-electron chi connectivity index (χ1n) is 5.31. The van der Waals surface area contributed by atoms with Gasteiger partial charge in [0.25, 0.3) is 0 Å². The van der Waals surface area contributed by atoms with Gasteiger partial charge in [0.1, 0.15) is 5.82 Å². The van der Waals surface area contributed by atoms with Crippen LogP contribution in [0.15, 0.2) is 22.8 Å². The van der Waals surface area contributed by atoms with Gasteiger partial charge in [-0.1, -0.05) is 20.8 Å². The molecule has 0 amide bonds. The number of H-pyrrole nitrogens is 1. The minimum absolute atomic E-state index is 0.0438. The normalized spacial score (nSPS) is 12.1. The van der Waals surface area contributed by atoms with Crippen molar-refractivity contribution in [3.63, 3.8) is 0 Å². The molecule has 1 N–H and O–H groups in total. The molecule has 2 aromatic rings. The highest BCUT2D eigenvalue weighted by Gasteiger charge is 2.25. The summed E-state index contributed by atoms with van der Waals surface area (Å²) in [5, 5.41) is 0.748. The number of ketones is 1. The van der Waals surface area contributed by atoms with E-state index in [2.05, 4.69) is 20.9 Å². The minimum atomic E-state index is -0.448. The molecular formula is C13H13BrFNO. The van der Waals surface area contributed by atoms with Crippen LogP contribution in [-0.4, -0.2) is 10.8 Å². The maximum absolute atomic E-state index is 13.3. The maximum atomic E-state index is 13.3. The number of aromatic nitrogens is 1. The highest BCUT2D eigenvalue weighted by Crippen LogP contribution is 2.29. The number of carbonyl (C=O) groups is 1. The molecule has 0 radical (unpaired) electrons. The van der Waals surface area contributed by atoms with E-state index in [9.17, 15) is 9.18 Å². The highest BCUT2D eigenvalue weighted by atomic mass is 79.9. The standard InChI is InChI=1S/C13H13BrFNO/c1-13(2,3)12(17)8-6-16-11-5-10(15)9(14)4-7(8)11/h4-6,16H,1-3H3. The molecule has 0 aliphatic heterocycles. The Hall–Kier alpha value is -1.16. The van der Waals surface area contributed by atoms with Crippen LogP contribution in [0.4, 0.5) is 4.39 Å². The number of aromatic amines is 1. The van der Waals surface area contributed by atoms with Crippen molar-refractivity contribution in [3.05, 3.63) is 34.2 Å². The summed E-state index contributed by atoms with van der Waals surface area (Å²) in [5.74, 6) is -0.295. The van der Waals surface area contributed by atoms with E-state index >= 15 is 0 Å². The lowest BCUT2D eigenvalue weighted by Gasteiger charge is -2.15. The molecule has 2 nitrogen and oxygen atoms in total. The van der Waals surface area contributed by atoms with E-state index in [0.717, 1.165) is 5.39 Å². The third-order valence-electron chi connectivity index (χ3n) is 2.65. The third kappa shape index (κ3) is 2.14. The van der Waals surface area contributed by atoms with Crippen molar-refractivity contribution in [1.82, 2.24) is 4.98 Å². The Kier molecular flexibility index (Phi) is 2.86. The summed E-state index contributed by atoms with van der Waals surface area (Å²) < 4.78 is 13.7. The first-order chi connectivity index (χ1) is 7.80. The first kappa shape index (κ1) is 12.3. The first-order valence-corrected chi connectivity index (χ1v) is 6.11. The molecule has 0 aliphatic carbocycles. The number of carbonyl (C=O) groups excluding carboxylic acids is 1. The zero-order valence-electron chi connectivity index (χ0n) is 9.90. The zero-order chi connectivity index (χ0) is 12.8. The summed E-state index contributed by atoms with van der Waals surface area (Å²) in [5.41, 5.74) is 0.794. The molecule has 2 rings (SSSR count). The highest BCUT2D eigenvalue weighted by molar-refractivity contribution is 9.10. The van der Waals surface area contributed by atoms with Gasteiger partial charge in [-0.3, -0.25) is 4.79 Å². The molecule has 0 unspecified atom stereocenters. The van der Waals surface area contributed by atoms with E-state index in [-0.39, 0.29) is 11.6 Å². The van der Waals surface area contributed by atoms with Gasteiger partial charge in [-0.25, -0.2) is 4.39 Å². The molecule has 0 spiro atoms. The van der Waals surface area contributed by atoms with Crippen LogP contribution in [-0.2, 0) is 0 Å². The van der Waals surface area contributed by atoms with Crippen molar-refractivity contribution < 1.29 is 9.18 Å². The van der Waals surface area contributed by atoms with Crippen LogP contribution in [0.1, 0.15) is 31.1 Å². The fraction of sp³-hybridized carbons (Fsp3) is 0.308. The van der Waals surface area contributed by atoms with Crippen LogP contribution < -0.4 is 0 Å². The summed E-state index contributed by atoms with van der Waals surface area (Å²) in [6, 6.07) is 3.03. The number of hydrogen-bond donors (Lipinski definition) is 1. The molecule has 0 saturated carbocycles. The fourth-order valence-electron chi connectivity index (χ4n) is 1.71. The minimum Gasteiger partial charge on any atom is -0.360 e. The molecule has 1 aromatic heterocycles. The van der Waals surface area contributed by atoms with Crippen LogP contribution in [0.2, 0.25) is 0 Å². The second-order valence-electron chi connectivity index (χ2n) is 5.09. The zero-order valence-corrected chi connectivity index (χ0v) is 11.5. The van der Waals surface area contributed by atoms with Crippen LogP contribution in [0.5, 0.6) is 0 Å². The molecule has 1 aromatic carbocycles. The van der Waals surface area contributed by atoms with E-state index in [1.54, 1.807) is 12.3 Å². The Morgan fingerprint density at radius 2 is 2.00 bits per heavy atom. The van der Waals surface area contributed by atoms with Gasteiger partial charge in [-0.2, -0.15) is 0 Å². The molecule has 0 saturated heterocycles. The van der Waals surface area contributed by atoms with Gasteiger partial charge in [0.2, 0.25) is 0 Å². The largest absolute Gasteiger partial charge is 0.360 e. The van der Waals surface area contributed by atoms with E-state index in [1.807, 2.05) is 20.8 Å². The van der Waals surface area contributed by atoms with Gasteiger partial charge in [0, 0.05) is 28.1 Å². The van der Waals surface area contributed by atoms with Gasteiger partial charge in [0.05, 0.1) is 4.47 Å². The molecule has 0 fully saturated rings. The molecule has 4 heteroatoms. The fourth-order valence-corrected chi connectivity index (χ4v) is 2.05. The van der Waals surface area contributed by atoms with Crippen molar-refractivity contribution in [1.29, 1.82) is 0 Å². The quantitative estimate of drug-likeness (QED) is 0.782. The number of nitrogens with one attached hydrogen (secondary N) is 1. The third-order valence-corrected chi connectivity index (χ3v) is 3.26. The van der Waals surface area contributed by atoms with Gasteiger partial charge in [-0.15, -0.1) is 0 Å². The molecule has 1 heterocycles. The second kappa shape index (κ2) is 3.95. The van der Waals surface area contributed by atoms with Crippen molar-refractivity contribution in [3.8, 4) is 0 Å².